The molecule has 7 nitrogen and oxygen atoms in total. The number of carbonyl (C=O) groups excluding carboxylic acids is 3. The first-order chi connectivity index (χ1) is 17.6. The van der Waals surface area contributed by atoms with Gasteiger partial charge in [-0.05, 0) is 52.6 Å². The molecule has 0 aliphatic carbocycles. The van der Waals surface area contributed by atoms with Crippen LogP contribution in [-0.4, -0.2) is 35.5 Å². The van der Waals surface area contributed by atoms with Gasteiger partial charge in [0.05, 0.1) is 5.54 Å². The Hall–Kier alpha value is -3.75. The first kappa shape index (κ1) is 26.3. The van der Waals surface area contributed by atoms with Crippen LogP contribution in [0.3, 0.4) is 0 Å². The summed E-state index contributed by atoms with van der Waals surface area (Å²) in [5.74, 6) is -1.09. The Morgan fingerprint density at radius 1 is 0.892 bits per heavy atom. The Morgan fingerprint density at radius 3 is 2.32 bits per heavy atom. The maximum absolute atomic E-state index is 13.5. The summed E-state index contributed by atoms with van der Waals surface area (Å²) in [6.45, 7) is 4.60. The molecule has 0 fully saturated rings. The lowest BCUT2D eigenvalue weighted by Gasteiger charge is -2.26. The number of fused-ring (bicyclic) bond motifs is 2. The highest BCUT2D eigenvalue weighted by Gasteiger charge is 2.30. The van der Waals surface area contributed by atoms with E-state index in [-0.39, 0.29) is 5.91 Å². The van der Waals surface area contributed by atoms with Gasteiger partial charge in [-0.15, -0.1) is 11.3 Å². The zero-order valence-corrected chi connectivity index (χ0v) is 22.0. The Labute approximate surface area is 220 Å². The van der Waals surface area contributed by atoms with Gasteiger partial charge in [-0.3, -0.25) is 14.4 Å². The number of thiophene rings is 1. The normalized spacial score (nSPS) is 13.2. The van der Waals surface area contributed by atoms with E-state index in [0.717, 1.165) is 32.0 Å². The summed E-state index contributed by atoms with van der Waals surface area (Å²) in [5, 5.41) is 13.8. The van der Waals surface area contributed by atoms with Crippen molar-refractivity contribution in [2.45, 2.75) is 51.4 Å². The quantitative estimate of drug-likeness (QED) is 0.254. The molecule has 0 saturated heterocycles. The first-order valence-electron chi connectivity index (χ1n) is 12.2. The monoisotopic (exact) mass is 516 g/mol. The lowest BCUT2D eigenvalue weighted by Crippen LogP contribution is -2.59. The van der Waals surface area contributed by atoms with E-state index in [1.165, 1.54) is 6.92 Å². The predicted octanol–water partition coefficient (Wildman–Crippen LogP) is 3.64. The summed E-state index contributed by atoms with van der Waals surface area (Å²) in [6, 6.07) is 21.1. The lowest BCUT2D eigenvalue weighted by atomic mass is 10.0. The van der Waals surface area contributed by atoms with E-state index >= 15 is 0 Å². The maximum Gasteiger partial charge on any atom is 0.244 e. The number of nitrogens with two attached hydrogens (primary N) is 1. The Balaban J connectivity index is 1.57. The van der Waals surface area contributed by atoms with E-state index in [0.29, 0.717) is 12.8 Å². The van der Waals surface area contributed by atoms with Crippen molar-refractivity contribution in [1.29, 1.82) is 0 Å². The highest BCUT2D eigenvalue weighted by atomic mass is 32.1. The van der Waals surface area contributed by atoms with E-state index in [2.05, 4.69) is 16.0 Å². The molecule has 1 aromatic heterocycles. The fourth-order valence-electron chi connectivity index (χ4n) is 4.22. The minimum absolute atomic E-state index is 0.265. The number of amides is 3. The zero-order chi connectivity index (χ0) is 26.6. The van der Waals surface area contributed by atoms with Crippen LogP contribution in [0.5, 0.6) is 0 Å². The predicted molar refractivity (Wildman–Crippen MR) is 149 cm³/mol. The van der Waals surface area contributed by atoms with Crippen LogP contribution >= 0.6 is 11.3 Å². The van der Waals surface area contributed by atoms with Crippen molar-refractivity contribution in [3.05, 3.63) is 83.2 Å². The van der Waals surface area contributed by atoms with E-state index < -0.39 is 29.6 Å². The molecule has 8 heteroatoms. The van der Waals surface area contributed by atoms with Gasteiger partial charge in [0.1, 0.15) is 12.2 Å². The molecule has 5 N–H and O–H groups in total. The third-order valence-electron chi connectivity index (χ3n) is 6.14. The standard InChI is InChI=1S/C29H32N4O3S/c1-18(34)31-26(15-19-12-13-20-8-4-5-9-21(20)14-19)33-27(35)24(32-28(36)29(2,3)30)16-22-17-37-25-11-7-6-10-23(22)25/h4-14,17,24,26H,15-16,30H2,1-3H3,(H,31,34)(H,32,36)(H,33,35)/t24-,26-/m1/s1. The maximum atomic E-state index is 13.5. The van der Waals surface area contributed by atoms with Crippen LogP contribution in [0.4, 0.5) is 0 Å². The molecule has 2 atom stereocenters. The SMILES string of the molecule is CC(=O)N[C@@H](Cc1ccc2ccccc2c1)NC(=O)[C@@H](Cc1csc2ccccc12)NC(=O)C(C)(C)N. The number of hydrogen-bond acceptors (Lipinski definition) is 5. The molecule has 192 valence electrons. The van der Waals surface area contributed by atoms with Crippen LogP contribution < -0.4 is 21.7 Å². The molecule has 0 saturated carbocycles. The van der Waals surface area contributed by atoms with Crippen LogP contribution in [0.25, 0.3) is 20.9 Å². The van der Waals surface area contributed by atoms with Gasteiger partial charge >= 0.3 is 0 Å². The van der Waals surface area contributed by atoms with Crippen LogP contribution in [0.2, 0.25) is 0 Å². The van der Waals surface area contributed by atoms with Gasteiger partial charge in [0, 0.05) is 24.5 Å². The fourth-order valence-corrected chi connectivity index (χ4v) is 5.20. The van der Waals surface area contributed by atoms with E-state index in [9.17, 15) is 14.4 Å². The van der Waals surface area contributed by atoms with Crippen molar-refractivity contribution in [3.63, 3.8) is 0 Å². The van der Waals surface area contributed by atoms with Crippen molar-refractivity contribution in [2.24, 2.45) is 5.73 Å². The smallest absolute Gasteiger partial charge is 0.244 e. The van der Waals surface area contributed by atoms with Gasteiger partial charge in [-0.1, -0.05) is 60.7 Å². The van der Waals surface area contributed by atoms with Crippen molar-refractivity contribution < 1.29 is 14.4 Å². The van der Waals surface area contributed by atoms with Crippen LogP contribution in [0, 0.1) is 0 Å². The van der Waals surface area contributed by atoms with E-state index in [4.69, 9.17) is 5.73 Å². The average molecular weight is 517 g/mol. The molecule has 0 aliphatic rings. The molecule has 0 aliphatic heterocycles. The highest BCUT2D eigenvalue weighted by Crippen LogP contribution is 2.26. The van der Waals surface area contributed by atoms with Gasteiger partial charge in [0.15, 0.2) is 0 Å². The van der Waals surface area contributed by atoms with Gasteiger partial charge in [-0.25, -0.2) is 0 Å². The molecule has 4 aromatic rings. The number of rotatable bonds is 9. The minimum atomic E-state index is -1.16. The second kappa shape index (κ2) is 11.1. The zero-order valence-electron chi connectivity index (χ0n) is 21.2. The van der Waals surface area contributed by atoms with E-state index in [1.807, 2.05) is 72.1 Å². The Bertz CT molecular complexity index is 1440. The molecule has 0 spiro atoms. The first-order valence-corrected chi connectivity index (χ1v) is 13.1. The van der Waals surface area contributed by atoms with Crippen LogP contribution in [0.1, 0.15) is 31.9 Å². The van der Waals surface area contributed by atoms with Crippen molar-refractivity contribution in [2.75, 3.05) is 0 Å². The molecular weight excluding hydrogens is 484 g/mol. The fraction of sp³-hybridized carbons (Fsp3) is 0.276. The van der Waals surface area contributed by atoms with Gasteiger partial charge in [0.2, 0.25) is 17.7 Å². The summed E-state index contributed by atoms with van der Waals surface area (Å²) < 4.78 is 1.11. The summed E-state index contributed by atoms with van der Waals surface area (Å²) in [5.41, 5.74) is 6.77. The van der Waals surface area contributed by atoms with Crippen molar-refractivity contribution in [3.8, 4) is 0 Å². The topological polar surface area (TPSA) is 113 Å². The summed E-state index contributed by atoms with van der Waals surface area (Å²) in [7, 11) is 0. The van der Waals surface area contributed by atoms with Crippen molar-refractivity contribution in [1.82, 2.24) is 16.0 Å². The minimum Gasteiger partial charge on any atom is -0.342 e. The highest BCUT2D eigenvalue weighted by molar-refractivity contribution is 7.17. The van der Waals surface area contributed by atoms with Crippen LogP contribution in [-0.2, 0) is 27.2 Å². The number of hydrogen-bond donors (Lipinski definition) is 4. The molecule has 1 heterocycles. The average Bonchev–Trinajstić information content (AvgIpc) is 3.25. The second-order valence-corrected chi connectivity index (χ2v) is 10.8. The Kier molecular flexibility index (Phi) is 7.90. The number of carbonyl (C=O) groups is 3. The second-order valence-electron chi connectivity index (χ2n) is 9.86. The van der Waals surface area contributed by atoms with E-state index in [1.54, 1.807) is 25.2 Å². The summed E-state index contributed by atoms with van der Waals surface area (Å²) >= 11 is 1.59. The molecule has 4 rings (SSSR count). The molecule has 0 bridgehead atoms. The molecule has 3 aromatic carbocycles. The third-order valence-corrected chi connectivity index (χ3v) is 7.15. The molecule has 3 amide bonds. The van der Waals surface area contributed by atoms with Gasteiger partial charge < -0.3 is 21.7 Å². The molecule has 0 unspecified atom stereocenters. The summed E-state index contributed by atoms with van der Waals surface area (Å²) in [6.07, 6.45) is 0.0248. The third kappa shape index (κ3) is 6.72. The number of benzene rings is 3. The largest absolute Gasteiger partial charge is 0.342 e. The van der Waals surface area contributed by atoms with Crippen LogP contribution in [0.15, 0.2) is 72.1 Å². The lowest BCUT2D eigenvalue weighted by molar-refractivity contribution is -0.132. The molecule has 0 radical (unpaired) electrons. The Morgan fingerprint density at radius 2 is 1.59 bits per heavy atom. The molecule has 37 heavy (non-hydrogen) atoms. The number of nitrogens with one attached hydrogen (secondary N) is 3. The van der Waals surface area contributed by atoms with Crippen molar-refractivity contribution >= 4 is 49.9 Å². The van der Waals surface area contributed by atoms with Gasteiger partial charge in [0.25, 0.3) is 0 Å². The molecular formula is C29H32N4O3S. The van der Waals surface area contributed by atoms with Gasteiger partial charge in [-0.2, -0.15) is 0 Å². The summed E-state index contributed by atoms with van der Waals surface area (Å²) in [4.78, 5) is 38.3.